The van der Waals surface area contributed by atoms with Crippen LogP contribution in [0.4, 0.5) is 0 Å². The third-order valence-corrected chi connectivity index (χ3v) is 4.43. The third kappa shape index (κ3) is 3.19. The lowest BCUT2D eigenvalue weighted by molar-refractivity contribution is -0.135. The molecule has 0 radical (unpaired) electrons. The molecule has 0 aromatic carbocycles. The van der Waals surface area contributed by atoms with Crippen molar-refractivity contribution >= 4 is 69.3 Å². The van der Waals surface area contributed by atoms with Crippen LogP contribution >= 0.6 is 58.4 Å². The Balaban J connectivity index is 2.83. The lowest BCUT2D eigenvalue weighted by Crippen LogP contribution is -2.27. The zero-order chi connectivity index (χ0) is 11.6. The van der Waals surface area contributed by atoms with Gasteiger partial charge < -0.3 is 10.4 Å². The van der Waals surface area contributed by atoms with E-state index in [0.29, 0.717) is 9.21 Å². The standard InChI is InChI=1S/C7H4Cl3NO2S2/c8-3-4(9)6(10)15-5(3)7(14)11-1-2(12)13/h1H2,(H,11,14)(H,12,13). The monoisotopic (exact) mass is 303 g/mol. The van der Waals surface area contributed by atoms with Crippen LogP contribution in [0.25, 0.3) is 0 Å². The lowest BCUT2D eigenvalue weighted by Gasteiger charge is -2.02. The maximum atomic E-state index is 10.3. The number of hydrogen-bond acceptors (Lipinski definition) is 3. The Labute approximate surface area is 110 Å². The van der Waals surface area contributed by atoms with E-state index in [-0.39, 0.29) is 21.6 Å². The van der Waals surface area contributed by atoms with E-state index in [0.717, 1.165) is 11.3 Å². The Morgan fingerprint density at radius 3 is 2.40 bits per heavy atom. The summed E-state index contributed by atoms with van der Waals surface area (Å²) in [5, 5.41) is 11.4. The van der Waals surface area contributed by atoms with Gasteiger partial charge in [-0.25, -0.2) is 0 Å². The van der Waals surface area contributed by atoms with Crippen molar-refractivity contribution < 1.29 is 9.90 Å². The van der Waals surface area contributed by atoms with Gasteiger partial charge in [-0.15, -0.1) is 11.3 Å². The zero-order valence-electron chi connectivity index (χ0n) is 7.01. The molecule has 0 aliphatic heterocycles. The van der Waals surface area contributed by atoms with Crippen LogP contribution in [0.3, 0.4) is 0 Å². The topological polar surface area (TPSA) is 49.3 Å². The fraction of sp³-hybridized carbons (Fsp3) is 0.143. The molecule has 0 atom stereocenters. The van der Waals surface area contributed by atoms with Gasteiger partial charge in [-0.1, -0.05) is 47.0 Å². The molecule has 3 nitrogen and oxygen atoms in total. The van der Waals surface area contributed by atoms with Gasteiger partial charge in [-0.2, -0.15) is 0 Å². The SMILES string of the molecule is O=C(O)CNC(=S)c1sc(Cl)c(Cl)c1Cl. The van der Waals surface area contributed by atoms with Crippen LogP contribution < -0.4 is 5.32 Å². The van der Waals surface area contributed by atoms with E-state index in [2.05, 4.69) is 5.32 Å². The summed E-state index contributed by atoms with van der Waals surface area (Å²) in [6.45, 7) is -0.275. The van der Waals surface area contributed by atoms with Gasteiger partial charge in [0, 0.05) is 0 Å². The molecule has 0 amide bonds. The van der Waals surface area contributed by atoms with E-state index in [1.54, 1.807) is 0 Å². The maximum absolute atomic E-state index is 10.3. The average Bonchev–Trinajstić information content (AvgIpc) is 2.42. The van der Waals surface area contributed by atoms with Gasteiger partial charge in [0.2, 0.25) is 0 Å². The second kappa shape index (κ2) is 5.32. The van der Waals surface area contributed by atoms with Crippen molar-refractivity contribution in [3.63, 3.8) is 0 Å². The molecule has 0 fully saturated rings. The van der Waals surface area contributed by atoms with Crippen LogP contribution in [-0.2, 0) is 4.79 Å². The van der Waals surface area contributed by atoms with Crippen molar-refractivity contribution in [3.8, 4) is 0 Å². The quantitative estimate of drug-likeness (QED) is 0.843. The second-order valence-electron chi connectivity index (χ2n) is 2.41. The molecular formula is C7H4Cl3NO2S2. The summed E-state index contributed by atoms with van der Waals surface area (Å²) in [7, 11) is 0. The first-order chi connectivity index (χ1) is 6.93. The van der Waals surface area contributed by atoms with Gasteiger partial charge >= 0.3 is 5.97 Å². The van der Waals surface area contributed by atoms with E-state index in [1.165, 1.54) is 0 Å². The molecule has 1 heterocycles. The van der Waals surface area contributed by atoms with Crippen molar-refractivity contribution in [3.05, 3.63) is 19.3 Å². The minimum absolute atomic E-state index is 0.223. The number of nitrogens with one attached hydrogen (secondary N) is 1. The first-order valence-corrected chi connectivity index (χ1v) is 5.92. The number of carboxylic acids is 1. The van der Waals surface area contributed by atoms with E-state index in [1.807, 2.05) is 0 Å². The fourth-order valence-corrected chi connectivity index (χ4v) is 2.83. The van der Waals surface area contributed by atoms with Crippen LogP contribution in [0.1, 0.15) is 4.88 Å². The number of hydrogen-bond donors (Lipinski definition) is 2. The molecule has 2 N–H and O–H groups in total. The Hall–Kier alpha value is -0.0700. The Morgan fingerprint density at radius 1 is 1.40 bits per heavy atom. The molecule has 0 aliphatic rings. The number of thiophene rings is 1. The smallest absolute Gasteiger partial charge is 0.322 e. The third-order valence-electron chi connectivity index (χ3n) is 1.36. The Bertz CT molecular complexity index is 419. The number of rotatable bonds is 3. The number of halogens is 3. The predicted molar refractivity (Wildman–Crippen MR) is 66.7 cm³/mol. The highest BCUT2D eigenvalue weighted by molar-refractivity contribution is 7.81. The fourth-order valence-electron chi connectivity index (χ4n) is 0.747. The van der Waals surface area contributed by atoms with Gasteiger partial charge in [0.1, 0.15) is 15.9 Å². The molecule has 82 valence electrons. The van der Waals surface area contributed by atoms with Crippen LogP contribution in [-0.4, -0.2) is 22.6 Å². The van der Waals surface area contributed by atoms with Crippen LogP contribution in [0.15, 0.2) is 0 Å². The predicted octanol–water partition coefficient (Wildman–Crippen LogP) is 3.06. The first kappa shape index (κ1) is 13.0. The van der Waals surface area contributed by atoms with Crippen molar-refractivity contribution in [2.45, 2.75) is 0 Å². The van der Waals surface area contributed by atoms with Gasteiger partial charge in [0.05, 0.1) is 14.9 Å². The number of thiocarbonyl (C=S) groups is 1. The summed E-state index contributed by atoms with van der Waals surface area (Å²) in [5.74, 6) is -1.01. The minimum Gasteiger partial charge on any atom is -0.480 e. The van der Waals surface area contributed by atoms with Crippen LogP contribution in [0, 0.1) is 0 Å². The van der Waals surface area contributed by atoms with Gasteiger partial charge in [0.25, 0.3) is 0 Å². The molecule has 0 unspecified atom stereocenters. The maximum Gasteiger partial charge on any atom is 0.322 e. The average molecular weight is 305 g/mol. The summed E-state index contributed by atoms with van der Waals surface area (Å²) < 4.78 is 0.330. The summed E-state index contributed by atoms with van der Waals surface area (Å²) in [5.41, 5.74) is 0. The molecule has 0 saturated carbocycles. The summed E-state index contributed by atoms with van der Waals surface area (Å²) in [6, 6.07) is 0. The van der Waals surface area contributed by atoms with Crippen molar-refractivity contribution in [1.29, 1.82) is 0 Å². The van der Waals surface area contributed by atoms with Crippen LogP contribution in [0.2, 0.25) is 14.4 Å². The molecule has 0 saturated heterocycles. The molecule has 0 spiro atoms. The summed E-state index contributed by atoms with van der Waals surface area (Å²) in [4.78, 5) is 11.0. The normalized spacial score (nSPS) is 10.1. The molecule has 0 bridgehead atoms. The molecule has 1 aromatic heterocycles. The summed E-state index contributed by atoms with van der Waals surface area (Å²) >= 11 is 23.4. The van der Waals surface area contributed by atoms with Crippen molar-refractivity contribution in [2.75, 3.05) is 6.54 Å². The van der Waals surface area contributed by atoms with Gasteiger partial charge in [-0.3, -0.25) is 4.79 Å². The second-order valence-corrected chi connectivity index (χ2v) is 5.20. The van der Waals surface area contributed by atoms with Crippen LogP contribution in [0.5, 0.6) is 0 Å². The molecule has 1 rings (SSSR count). The molecule has 1 aromatic rings. The Kier molecular flexibility index (Phi) is 4.61. The van der Waals surface area contributed by atoms with Gasteiger partial charge in [-0.05, 0) is 0 Å². The van der Waals surface area contributed by atoms with Crippen molar-refractivity contribution in [2.24, 2.45) is 0 Å². The van der Waals surface area contributed by atoms with E-state index in [4.69, 9.17) is 52.1 Å². The van der Waals surface area contributed by atoms with E-state index >= 15 is 0 Å². The largest absolute Gasteiger partial charge is 0.480 e. The number of carboxylic acid groups (broad SMARTS) is 1. The van der Waals surface area contributed by atoms with E-state index < -0.39 is 5.97 Å². The minimum atomic E-state index is -1.01. The van der Waals surface area contributed by atoms with E-state index in [9.17, 15) is 4.79 Å². The highest BCUT2D eigenvalue weighted by Crippen LogP contribution is 2.40. The Morgan fingerprint density at radius 2 is 2.00 bits per heavy atom. The van der Waals surface area contributed by atoms with Crippen molar-refractivity contribution in [1.82, 2.24) is 5.32 Å². The van der Waals surface area contributed by atoms with Gasteiger partial charge in [0.15, 0.2) is 0 Å². The first-order valence-electron chi connectivity index (χ1n) is 3.56. The zero-order valence-corrected chi connectivity index (χ0v) is 10.9. The molecule has 15 heavy (non-hydrogen) atoms. The molecule has 0 aliphatic carbocycles. The highest BCUT2D eigenvalue weighted by atomic mass is 35.5. The molecular weight excluding hydrogens is 301 g/mol. The lowest BCUT2D eigenvalue weighted by atomic mass is 10.4. The summed E-state index contributed by atoms with van der Waals surface area (Å²) in [6.07, 6.45) is 0. The highest BCUT2D eigenvalue weighted by Gasteiger charge is 2.17. The number of carbonyl (C=O) groups is 1. The number of aliphatic carboxylic acids is 1. The molecule has 8 heteroatoms.